The van der Waals surface area contributed by atoms with Gasteiger partial charge in [0.2, 0.25) is 21.8 Å². The zero-order valence-corrected chi connectivity index (χ0v) is 17.6. The largest absolute Gasteiger partial charge is 0.339 e. The number of carbonyl (C=O) groups excluding carboxylic acids is 2. The van der Waals surface area contributed by atoms with Crippen LogP contribution in [0, 0.1) is 6.92 Å². The van der Waals surface area contributed by atoms with E-state index in [1.165, 1.54) is 6.92 Å². The minimum absolute atomic E-state index is 0.0129. The van der Waals surface area contributed by atoms with E-state index in [0.717, 1.165) is 5.56 Å². The van der Waals surface area contributed by atoms with Gasteiger partial charge in [0.15, 0.2) is 0 Å². The summed E-state index contributed by atoms with van der Waals surface area (Å²) in [7, 11) is -3.79. The first-order valence-electron chi connectivity index (χ1n) is 8.87. The highest BCUT2D eigenvalue weighted by molar-refractivity contribution is 7.98. The number of nitrogens with zero attached hydrogens (tertiary/aromatic N) is 2. The van der Waals surface area contributed by atoms with Crippen LogP contribution in [0.25, 0.3) is 0 Å². The Morgan fingerprint density at radius 2 is 1.67 bits per heavy atom. The van der Waals surface area contributed by atoms with Gasteiger partial charge in [-0.2, -0.15) is 16.5 Å². The highest BCUT2D eigenvalue weighted by Crippen LogP contribution is 2.14. The van der Waals surface area contributed by atoms with E-state index in [0.29, 0.717) is 38.4 Å². The maximum atomic E-state index is 12.9. The molecule has 1 aromatic carbocycles. The van der Waals surface area contributed by atoms with Gasteiger partial charge in [0, 0.05) is 33.1 Å². The Morgan fingerprint density at radius 3 is 2.19 bits per heavy atom. The fraction of sp³-hybridized carbons (Fsp3) is 0.556. The summed E-state index contributed by atoms with van der Waals surface area (Å²) in [6.45, 7) is 5.17. The Hall–Kier alpha value is -1.58. The third-order valence-electron chi connectivity index (χ3n) is 4.57. The molecule has 1 aliphatic heterocycles. The van der Waals surface area contributed by atoms with Crippen molar-refractivity contribution < 1.29 is 18.0 Å². The van der Waals surface area contributed by atoms with Crippen LogP contribution in [0.5, 0.6) is 0 Å². The van der Waals surface area contributed by atoms with Crippen LogP contribution in [0.1, 0.15) is 18.9 Å². The molecule has 0 aromatic heterocycles. The number of hydrogen-bond donors (Lipinski definition) is 1. The Morgan fingerprint density at radius 1 is 1.11 bits per heavy atom. The lowest BCUT2D eigenvalue weighted by atomic mass is 10.2. The first-order valence-corrected chi connectivity index (χ1v) is 11.7. The number of thioether (sulfide) groups is 1. The smallest absolute Gasteiger partial charge is 0.241 e. The summed E-state index contributed by atoms with van der Waals surface area (Å²) in [6.07, 6.45) is 2.33. The van der Waals surface area contributed by atoms with E-state index in [-0.39, 0.29) is 16.7 Å². The standard InChI is InChI=1S/C18H27N3O4S2/c1-14-4-6-16(7-5-14)27(24,25)19-17(8-13-26-3)18(23)21-11-9-20(10-12-21)15(2)22/h4-7,17,19H,8-13H2,1-3H3/t17-/m0/s1. The second-order valence-electron chi connectivity index (χ2n) is 6.60. The van der Waals surface area contributed by atoms with Crippen molar-refractivity contribution in [1.29, 1.82) is 0 Å². The Labute approximate surface area is 165 Å². The van der Waals surface area contributed by atoms with Crippen molar-refractivity contribution in [2.45, 2.75) is 31.2 Å². The first kappa shape index (κ1) is 21.7. The number of carbonyl (C=O) groups is 2. The fourth-order valence-corrected chi connectivity index (χ4v) is 4.60. The molecule has 7 nitrogen and oxygen atoms in total. The van der Waals surface area contributed by atoms with Gasteiger partial charge < -0.3 is 9.80 Å². The summed E-state index contributed by atoms with van der Waals surface area (Å²) >= 11 is 1.56. The van der Waals surface area contributed by atoms with Crippen molar-refractivity contribution in [2.24, 2.45) is 0 Å². The highest BCUT2D eigenvalue weighted by atomic mass is 32.2. The molecule has 0 radical (unpaired) electrons. The van der Waals surface area contributed by atoms with Crippen LogP contribution >= 0.6 is 11.8 Å². The minimum Gasteiger partial charge on any atom is -0.339 e. The van der Waals surface area contributed by atoms with Crippen LogP contribution in [0.3, 0.4) is 0 Å². The van der Waals surface area contributed by atoms with Gasteiger partial charge in [-0.3, -0.25) is 9.59 Å². The molecule has 9 heteroatoms. The van der Waals surface area contributed by atoms with Crippen LogP contribution in [-0.2, 0) is 19.6 Å². The molecule has 150 valence electrons. The maximum absolute atomic E-state index is 12.9. The van der Waals surface area contributed by atoms with Gasteiger partial charge in [-0.05, 0) is 37.5 Å². The van der Waals surface area contributed by atoms with E-state index in [9.17, 15) is 18.0 Å². The molecule has 1 atom stereocenters. The van der Waals surface area contributed by atoms with Gasteiger partial charge in [0.1, 0.15) is 6.04 Å². The maximum Gasteiger partial charge on any atom is 0.241 e. The van der Waals surface area contributed by atoms with Gasteiger partial charge in [0.25, 0.3) is 0 Å². The molecule has 0 unspecified atom stereocenters. The average Bonchev–Trinajstić information content (AvgIpc) is 2.65. The molecular formula is C18H27N3O4S2. The van der Waals surface area contributed by atoms with Gasteiger partial charge in [-0.25, -0.2) is 8.42 Å². The molecule has 0 saturated carbocycles. The van der Waals surface area contributed by atoms with E-state index in [1.54, 1.807) is 45.8 Å². The number of hydrogen-bond acceptors (Lipinski definition) is 5. The van der Waals surface area contributed by atoms with Crippen LogP contribution in [0.2, 0.25) is 0 Å². The van der Waals surface area contributed by atoms with Crippen molar-refractivity contribution in [3.8, 4) is 0 Å². The van der Waals surface area contributed by atoms with Crippen LogP contribution in [-0.4, -0.2) is 74.3 Å². The Kier molecular flexibility index (Phi) is 7.69. The van der Waals surface area contributed by atoms with Crippen molar-refractivity contribution in [2.75, 3.05) is 38.2 Å². The van der Waals surface area contributed by atoms with Crippen LogP contribution in [0.15, 0.2) is 29.2 Å². The summed E-state index contributed by atoms with van der Waals surface area (Å²) in [5.74, 6) is 0.421. The van der Waals surface area contributed by atoms with E-state index in [1.807, 2.05) is 13.2 Å². The second-order valence-corrected chi connectivity index (χ2v) is 9.30. The molecule has 0 bridgehead atoms. The molecule has 1 fully saturated rings. The van der Waals surface area contributed by atoms with E-state index >= 15 is 0 Å². The molecule has 27 heavy (non-hydrogen) atoms. The lowest BCUT2D eigenvalue weighted by molar-refractivity contribution is -0.139. The number of nitrogens with one attached hydrogen (secondary N) is 1. The molecule has 2 rings (SSSR count). The van der Waals surface area contributed by atoms with Crippen molar-refractivity contribution in [3.05, 3.63) is 29.8 Å². The summed E-state index contributed by atoms with van der Waals surface area (Å²) in [4.78, 5) is 27.9. The quantitative estimate of drug-likeness (QED) is 0.723. The number of amides is 2. The number of piperazine rings is 1. The van der Waals surface area contributed by atoms with Gasteiger partial charge >= 0.3 is 0 Å². The molecule has 1 aromatic rings. The Bertz CT molecular complexity index is 757. The summed E-state index contributed by atoms with van der Waals surface area (Å²) < 4.78 is 28.0. The highest BCUT2D eigenvalue weighted by Gasteiger charge is 2.31. The molecule has 1 heterocycles. The van der Waals surface area contributed by atoms with Crippen molar-refractivity contribution >= 4 is 33.6 Å². The third-order valence-corrected chi connectivity index (χ3v) is 6.71. The number of aryl methyl sites for hydroxylation is 1. The number of benzene rings is 1. The van der Waals surface area contributed by atoms with Crippen LogP contribution in [0.4, 0.5) is 0 Å². The molecule has 1 saturated heterocycles. The second kappa shape index (κ2) is 9.57. The normalized spacial score (nSPS) is 16.3. The lowest BCUT2D eigenvalue weighted by Gasteiger charge is -2.36. The van der Waals surface area contributed by atoms with E-state index in [4.69, 9.17) is 0 Å². The predicted octanol–water partition coefficient (Wildman–Crippen LogP) is 1.09. The zero-order chi connectivity index (χ0) is 20.0. The predicted molar refractivity (Wildman–Crippen MR) is 107 cm³/mol. The lowest BCUT2D eigenvalue weighted by Crippen LogP contribution is -2.55. The van der Waals surface area contributed by atoms with Gasteiger partial charge in [-0.1, -0.05) is 17.7 Å². The van der Waals surface area contributed by atoms with Crippen LogP contribution < -0.4 is 4.72 Å². The molecule has 1 N–H and O–H groups in total. The minimum atomic E-state index is -3.79. The summed E-state index contributed by atoms with van der Waals surface area (Å²) in [5, 5.41) is 0. The third kappa shape index (κ3) is 5.95. The number of sulfonamides is 1. The van der Waals surface area contributed by atoms with E-state index in [2.05, 4.69) is 4.72 Å². The monoisotopic (exact) mass is 413 g/mol. The number of rotatable bonds is 7. The average molecular weight is 414 g/mol. The fourth-order valence-electron chi connectivity index (χ4n) is 2.90. The topological polar surface area (TPSA) is 86.8 Å². The first-order chi connectivity index (χ1) is 12.7. The zero-order valence-electron chi connectivity index (χ0n) is 16.0. The molecular weight excluding hydrogens is 386 g/mol. The van der Waals surface area contributed by atoms with E-state index < -0.39 is 16.1 Å². The van der Waals surface area contributed by atoms with Gasteiger partial charge in [-0.15, -0.1) is 0 Å². The molecule has 0 aliphatic carbocycles. The van der Waals surface area contributed by atoms with Crippen molar-refractivity contribution in [1.82, 2.24) is 14.5 Å². The summed E-state index contributed by atoms with van der Waals surface area (Å²) in [6, 6.07) is 5.73. The van der Waals surface area contributed by atoms with Gasteiger partial charge in [0.05, 0.1) is 4.90 Å². The summed E-state index contributed by atoms with van der Waals surface area (Å²) in [5.41, 5.74) is 0.965. The SMILES string of the molecule is CSCC[C@H](NS(=O)(=O)c1ccc(C)cc1)C(=O)N1CCN(C(C)=O)CC1. The van der Waals surface area contributed by atoms with Crippen molar-refractivity contribution in [3.63, 3.8) is 0 Å². The molecule has 0 spiro atoms. The molecule has 2 amide bonds. The molecule has 1 aliphatic rings. The Balaban J connectivity index is 2.11.